The standard InChI is InChI=1S/C79H154O17P2/c1-8-10-11-12-13-14-24-31-39-46-53-60-76(81)89-67-75(96-79(84)63-56-49-42-35-34-38-45-52-59-72(7)9-2)69-94-98(87,88)92-65-73(80)64-91-97(85,86)93-68-74(66-90-77(82)61-54-47-40-32-27-23-19-21-26-30-37-44-51-58-71(5)6)95-78(83)62-55-48-41-33-28-22-18-16-15-17-20-25-29-36-43-50-57-70(3)4/h70-75,80H,8-69H2,1-7H3,(H,85,86)(H,87,88)/t72?,73-,74-,75-/m1/s1. The van der Waals surface area contributed by atoms with Gasteiger partial charge in [-0.25, -0.2) is 9.13 Å². The van der Waals surface area contributed by atoms with Gasteiger partial charge in [0.05, 0.1) is 26.4 Å². The summed E-state index contributed by atoms with van der Waals surface area (Å²) < 4.78 is 68.6. The van der Waals surface area contributed by atoms with Crippen LogP contribution in [0.15, 0.2) is 0 Å². The summed E-state index contributed by atoms with van der Waals surface area (Å²) >= 11 is 0. The number of phosphoric ester groups is 2. The molecule has 0 bridgehead atoms. The average Bonchev–Trinajstić information content (AvgIpc) is 1.01. The minimum absolute atomic E-state index is 0.105. The van der Waals surface area contributed by atoms with Crippen molar-refractivity contribution in [2.45, 2.75) is 426 Å². The van der Waals surface area contributed by atoms with Gasteiger partial charge in [-0.2, -0.15) is 0 Å². The number of unbranched alkanes of at least 4 members (excludes halogenated alkanes) is 44. The summed E-state index contributed by atoms with van der Waals surface area (Å²) in [6.45, 7) is 12.0. The predicted molar refractivity (Wildman–Crippen MR) is 400 cm³/mol. The number of hydrogen-bond donors (Lipinski definition) is 3. The molecule has 0 rings (SSSR count). The third-order valence-electron chi connectivity index (χ3n) is 18.7. The predicted octanol–water partition coefficient (Wildman–Crippen LogP) is 23.4. The first-order valence-electron chi connectivity index (χ1n) is 40.9. The second-order valence-corrected chi connectivity index (χ2v) is 32.6. The van der Waals surface area contributed by atoms with Gasteiger partial charge < -0.3 is 33.8 Å². The molecular formula is C79H154O17P2. The fourth-order valence-electron chi connectivity index (χ4n) is 12.1. The Balaban J connectivity index is 5.25. The maximum absolute atomic E-state index is 13.1. The number of rotatable bonds is 77. The van der Waals surface area contributed by atoms with Crippen molar-refractivity contribution in [2.75, 3.05) is 39.6 Å². The van der Waals surface area contributed by atoms with Crippen LogP contribution in [0.3, 0.4) is 0 Å². The van der Waals surface area contributed by atoms with Crippen molar-refractivity contribution in [3.05, 3.63) is 0 Å². The smallest absolute Gasteiger partial charge is 0.462 e. The molecule has 0 amide bonds. The fraction of sp³-hybridized carbons (Fsp3) is 0.949. The lowest BCUT2D eigenvalue weighted by Gasteiger charge is -2.21. The molecule has 0 aromatic carbocycles. The van der Waals surface area contributed by atoms with Crippen LogP contribution < -0.4 is 0 Å². The van der Waals surface area contributed by atoms with Crippen LogP contribution in [0.25, 0.3) is 0 Å². The summed E-state index contributed by atoms with van der Waals surface area (Å²) in [5.74, 6) is 0.256. The van der Waals surface area contributed by atoms with Gasteiger partial charge in [-0.15, -0.1) is 0 Å². The van der Waals surface area contributed by atoms with Crippen molar-refractivity contribution in [3.63, 3.8) is 0 Å². The molecule has 6 atom stereocenters. The molecule has 0 spiro atoms. The zero-order chi connectivity index (χ0) is 72.3. The van der Waals surface area contributed by atoms with E-state index in [2.05, 4.69) is 48.5 Å². The van der Waals surface area contributed by atoms with Crippen LogP contribution >= 0.6 is 15.6 Å². The van der Waals surface area contributed by atoms with Gasteiger partial charge in [-0.05, 0) is 43.4 Å². The lowest BCUT2D eigenvalue weighted by Crippen LogP contribution is -2.30. The SMILES string of the molecule is CCCCCCCCCCCCCC(=O)OC[C@H](COP(=O)(O)OC[C@H](O)COP(=O)(O)OC[C@@H](COC(=O)CCCCCCCCCCCCCCCC(C)C)OC(=O)CCCCCCCCCCCCCCCCCCC(C)C)OC(=O)CCCCCCCCCCC(C)CC. The quantitative estimate of drug-likeness (QED) is 0.0222. The number of carbonyl (C=O) groups is 4. The zero-order valence-electron chi connectivity index (χ0n) is 64.3. The molecule has 0 aromatic heterocycles. The van der Waals surface area contributed by atoms with E-state index in [1.807, 2.05) is 0 Å². The van der Waals surface area contributed by atoms with Gasteiger partial charge in [0, 0.05) is 25.7 Å². The van der Waals surface area contributed by atoms with Crippen LogP contribution in [-0.4, -0.2) is 96.7 Å². The maximum Gasteiger partial charge on any atom is 0.472 e. The van der Waals surface area contributed by atoms with Crippen LogP contribution in [0.4, 0.5) is 0 Å². The van der Waals surface area contributed by atoms with E-state index in [0.717, 1.165) is 108 Å². The van der Waals surface area contributed by atoms with E-state index in [4.69, 9.17) is 37.0 Å². The fourth-order valence-corrected chi connectivity index (χ4v) is 13.7. The lowest BCUT2D eigenvalue weighted by molar-refractivity contribution is -0.161. The molecule has 582 valence electrons. The first kappa shape index (κ1) is 96.1. The van der Waals surface area contributed by atoms with E-state index in [-0.39, 0.29) is 25.7 Å². The largest absolute Gasteiger partial charge is 0.472 e. The molecule has 0 aliphatic rings. The van der Waals surface area contributed by atoms with Gasteiger partial charge in [0.1, 0.15) is 19.3 Å². The highest BCUT2D eigenvalue weighted by Crippen LogP contribution is 2.45. The minimum Gasteiger partial charge on any atom is -0.462 e. The second-order valence-electron chi connectivity index (χ2n) is 29.6. The average molecular weight is 1440 g/mol. The maximum atomic E-state index is 13.1. The summed E-state index contributed by atoms with van der Waals surface area (Å²) in [7, 11) is -9.92. The molecule has 0 saturated carbocycles. The monoisotopic (exact) mass is 1440 g/mol. The Morgan fingerprint density at radius 1 is 0.296 bits per heavy atom. The molecule has 17 nitrogen and oxygen atoms in total. The first-order chi connectivity index (χ1) is 47.3. The highest BCUT2D eigenvalue weighted by molar-refractivity contribution is 7.47. The number of carbonyl (C=O) groups excluding carboxylic acids is 4. The van der Waals surface area contributed by atoms with Crippen LogP contribution in [-0.2, 0) is 65.4 Å². The summed E-state index contributed by atoms with van der Waals surface area (Å²) in [6.07, 6.45) is 56.8. The number of aliphatic hydroxyl groups is 1. The van der Waals surface area contributed by atoms with Crippen LogP contribution in [0.2, 0.25) is 0 Å². The molecular weight excluding hydrogens is 1280 g/mol. The topological polar surface area (TPSA) is 237 Å². The van der Waals surface area contributed by atoms with Gasteiger partial charge in [-0.3, -0.25) is 37.3 Å². The molecule has 3 unspecified atom stereocenters. The Morgan fingerprint density at radius 3 is 0.776 bits per heavy atom. The van der Waals surface area contributed by atoms with Gasteiger partial charge in [-0.1, -0.05) is 357 Å². The second kappa shape index (κ2) is 69.4. The van der Waals surface area contributed by atoms with E-state index in [9.17, 15) is 43.2 Å². The van der Waals surface area contributed by atoms with Crippen molar-refractivity contribution in [1.82, 2.24) is 0 Å². The van der Waals surface area contributed by atoms with E-state index in [1.165, 1.54) is 218 Å². The van der Waals surface area contributed by atoms with Crippen molar-refractivity contribution in [2.24, 2.45) is 17.8 Å². The van der Waals surface area contributed by atoms with E-state index in [0.29, 0.717) is 25.7 Å². The Morgan fingerprint density at radius 2 is 0.520 bits per heavy atom. The lowest BCUT2D eigenvalue weighted by atomic mass is 9.99. The minimum atomic E-state index is -4.96. The highest BCUT2D eigenvalue weighted by atomic mass is 31.2. The summed E-state index contributed by atoms with van der Waals surface area (Å²) in [6, 6.07) is 0. The molecule has 3 N–H and O–H groups in total. The Kier molecular flexibility index (Phi) is 68.1. The molecule has 0 aliphatic carbocycles. The van der Waals surface area contributed by atoms with Gasteiger partial charge in [0.2, 0.25) is 0 Å². The van der Waals surface area contributed by atoms with Crippen molar-refractivity contribution in [3.8, 4) is 0 Å². The number of ether oxygens (including phenoxy) is 4. The van der Waals surface area contributed by atoms with E-state index in [1.54, 1.807) is 0 Å². The number of esters is 4. The van der Waals surface area contributed by atoms with Gasteiger partial charge >= 0.3 is 39.5 Å². The molecule has 0 heterocycles. The van der Waals surface area contributed by atoms with Crippen molar-refractivity contribution < 1.29 is 80.2 Å². The third-order valence-corrected chi connectivity index (χ3v) is 20.6. The van der Waals surface area contributed by atoms with Crippen molar-refractivity contribution in [1.29, 1.82) is 0 Å². The zero-order valence-corrected chi connectivity index (χ0v) is 66.0. The van der Waals surface area contributed by atoms with E-state index < -0.39 is 97.5 Å². The third kappa shape index (κ3) is 71.1. The van der Waals surface area contributed by atoms with Gasteiger partial charge in [0.15, 0.2) is 12.2 Å². The molecule has 0 aromatic rings. The molecule has 0 saturated heterocycles. The Labute approximate surface area is 600 Å². The molecule has 0 aliphatic heterocycles. The normalized spacial score (nSPS) is 14.3. The number of aliphatic hydroxyl groups excluding tert-OH is 1. The molecule has 0 fully saturated rings. The van der Waals surface area contributed by atoms with Crippen molar-refractivity contribution >= 4 is 39.5 Å². The first-order valence-corrected chi connectivity index (χ1v) is 43.9. The summed E-state index contributed by atoms with van der Waals surface area (Å²) in [5.41, 5.74) is 0. The van der Waals surface area contributed by atoms with E-state index >= 15 is 0 Å². The number of hydrogen-bond acceptors (Lipinski definition) is 15. The molecule has 0 radical (unpaired) electrons. The van der Waals surface area contributed by atoms with Crippen LogP contribution in [0.5, 0.6) is 0 Å². The summed E-state index contributed by atoms with van der Waals surface area (Å²) in [4.78, 5) is 72.9. The van der Waals surface area contributed by atoms with Crippen LogP contribution in [0.1, 0.15) is 408 Å². The Bertz CT molecular complexity index is 1910. The Hall–Kier alpha value is -1.94. The molecule has 19 heteroatoms. The van der Waals surface area contributed by atoms with Crippen LogP contribution in [0, 0.1) is 17.8 Å². The highest BCUT2D eigenvalue weighted by Gasteiger charge is 2.30. The molecule has 98 heavy (non-hydrogen) atoms. The van der Waals surface area contributed by atoms with Gasteiger partial charge in [0.25, 0.3) is 0 Å². The number of phosphoric acid groups is 2. The summed E-state index contributed by atoms with van der Waals surface area (Å²) in [5, 5.41) is 10.6.